The first-order valence-corrected chi connectivity index (χ1v) is 4.69. The van der Waals surface area contributed by atoms with Gasteiger partial charge in [-0.3, -0.25) is 4.55 Å². The third-order valence-electron chi connectivity index (χ3n) is 1.39. The van der Waals surface area contributed by atoms with Crippen LogP contribution in [0.4, 0.5) is 0 Å². The van der Waals surface area contributed by atoms with E-state index in [4.69, 9.17) is 9.66 Å². The molecule has 0 bridgehead atoms. The molecule has 5 nitrogen and oxygen atoms in total. The molecular weight excluding hydrogens is 223 g/mol. The molecule has 0 aromatic heterocycles. The molecule has 13 heavy (non-hydrogen) atoms. The van der Waals surface area contributed by atoms with Gasteiger partial charge in [-0.15, -0.1) is 0 Å². The fraction of sp³-hybridized carbons (Fsp3) is 0.500. The van der Waals surface area contributed by atoms with Crippen LogP contribution >= 0.6 is 0 Å². The number of hydrogen-bond donors (Lipinski definition) is 2. The Balaban J connectivity index is -0.000000605. The summed E-state index contributed by atoms with van der Waals surface area (Å²) in [6.45, 7) is 4.50. The number of aliphatic carboxylic acids is 1. The van der Waals surface area contributed by atoms with Gasteiger partial charge in [0.25, 0.3) is 10.1 Å². The fourth-order valence-electron chi connectivity index (χ4n) is 0.775. The molecule has 0 spiro atoms. The standard InChI is InChI=1S/C6H10O5S.K.H/c1-3-5(12(9,10)11)4(2)6(7)8;;/h5H,2-3H2,1H3,(H,7,8)(H,9,10,11);;/q;+1;-1. The van der Waals surface area contributed by atoms with E-state index < -0.39 is 26.9 Å². The molecule has 0 rings (SSSR count). The van der Waals surface area contributed by atoms with Crippen LogP contribution in [0.2, 0.25) is 0 Å². The molecule has 72 valence electrons. The van der Waals surface area contributed by atoms with Gasteiger partial charge in [-0.2, -0.15) is 8.42 Å². The van der Waals surface area contributed by atoms with Gasteiger partial charge in [-0.1, -0.05) is 13.5 Å². The summed E-state index contributed by atoms with van der Waals surface area (Å²) < 4.78 is 29.6. The van der Waals surface area contributed by atoms with Gasteiger partial charge in [0.1, 0.15) is 5.25 Å². The molecule has 0 aliphatic rings. The zero-order valence-corrected chi connectivity index (χ0v) is 11.5. The topological polar surface area (TPSA) is 91.7 Å². The summed E-state index contributed by atoms with van der Waals surface area (Å²) in [5, 5.41) is 6.96. The van der Waals surface area contributed by atoms with E-state index in [-0.39, 0.29) is 59.2 Å². The Kier molecular flexibility index (Phi) is 7.82. The van der Waals surface area contributed by atoms with Gasteiger partial charge in [0.2, 0.25) is 0 Å². The van der Waals surface area contributed by atoms with Gasteiger partial charge in [-0.05, 0) is 6.42 Å². The Morgan fingerprint density at radius 2 is 2.00 bits per heavy atom. The van der Waals surface area contributed by atoms with E-state index in [1.807, 2.05) is 0 Å². The maximum atomic E-state index is 10.5. The summed E-state index contributed by atoms with van der Waals surface area (Å²) in [5.41, 5.74) is -0.514. The van der Waals surface area contributed by atoms with E-state index in [9.17, 15) is 13.2 Å². The minimum Gasteiger partial charge on any atom is -1.00 e. The first-order valence-electron chi connectivity index (χ1n) is 3.19. The molecule has 1 unspecified atom stereocenters. The molecule has 0 fully saturated rings. The van der Waals surface area contributed by atoms with Gasteiger partial charge in [0.15, 0.2) is 0 Å². The summed E-state index contributed by atoms with van der Waals surface area (Å²) in [6.07, 6.45) is -0.00995. The fourth-order valence-corrected chi connectivity index (χ4v) is 1.66. The van der Waals surface area contributed by atoms with Gasteiger partial charge in [0.05, 0.1) is 5.57 Å². The zero-order valence-electron chi connectivity index (χ0n) is 8.52. The maximum Gasteiger partial charge on any atom is 1.00 e. The first kappa shape index (κ1) is 16.2. The normalized spacial score (nSPS) is 12.8. The third kappa shape index (κ3) is 5.26. The van der Waals surface area contributed by atoms with Crippen LogP contribution in [-0.2, 0) is 14.9 Å². The van der Waals surface area contributed by atoms with E-state index in [1.165, 1.54) is 6.92 Å². The second-order valence-electron chi connectivity index (χ2n) is 2.24. The van der Waals surface area contributed by atoms with E-state index in [0.717, 1.165) is 0 Å². The van der Waals surface area contributed by atoms with Crippen molar-refractivity contribution < 1.29 is 75.7 Å². The van der Waals surface area contributed by atoms with Gasteiger partial charge in [0, 0.05) is 0 Å². The van der Waals surface area contributed by atoms with Crippen molar-refractivity contribution in [2.24, 2.45) is 0 Å². The quantitative estimate of drug-likeness (QED) is 0.316. The van der Waals surface area contributed by atoms with Crippen molar-refractivity contribution in [3.63, 3.8) is 0 Å². The van der Waals surface area contributed by atoms with Crippen LogP contribution in [0.25, 0.3) is 0 Å². The molecule has 2 N–H and O–H groups in total. The molecule has 0 saturated carbocycles. The Morgan fingerprint density at radius 3 is 2.08 bits per heavy atom. The smallest absolute Gasteiger partial charge is 1.00 e. The maximum absolute atomic E-state index is 10.5. The number of rotatable bonds is 4. The Labute approximate surface area is 121 Å². The minimum absolute atomic E-state index is 0. The minimum atomic E-state index is -4.34. The summed E-state index contributed by atoms with van der Waals surface area (Å²) >= 11 is 0. The van der Waals surface area contributed by atoms with Crippen molar-refractivity contribution in [3.05, 3.63) is 12.2 Å². The Bertz CT molecular complexity index is 299. The van der Waals surface area contributed by atoms with E-state index in [1.54, 1.807) is 0 Å². The van der Waals surface area contributed by atoms with Gasteiger partial charge >= 0.3 is 57.4 Å². The summed E-state index contributed by atoms with van der Waals surface area (Å²) in [5.74, 6) is -1.42. The number of carboxylic acids is 1. The van der Waals surface area contributed by atoms with Crippen LogP contribution in [-0.4, -0.2) is 29.3 Å². The molecule has 0 aliphatic carbocycles. The second-order valence-corrected chi connectivity index (χ2v) is 3.84. The van der Waals surface area contributed by atoms with Gasteiger partial charge < -0.3 is 6.53 Å². The molecule has 0 heterocycles. The number of carbonyl (C=O) groups is 1. The van der Waals surface area contributed by atoms with Crippen LogP contribution in [0.5, 0.6) is 0 Å². The van der Waals surface area contributed by atoms with Gasteiger partial charge in [-0.25, -0.2) is 4.79 Å². The van der Waals surface area contributed by atoms with E-state index >= 15 is 0 Å². The number of carboxylic acid groups (broad SMARTS) is 1. The first-order chi connectivity index (χ1) is 5.30. The summed E-state index contributed by atoms with van der Waals surface area (Å²) in [6, 6.07) is 0. The summed E-state index contributed by atoms with van der Waals surface area (Å²) in [4.78, 5) is 10.3. The van der Waals surface area contributed by atoms with Crippen LogP contribution in [0.1, 0.15) is 14.8 Å². The van der Waals surface area contributed by atoms with Crippen molar-refractivity contribution in [1.82, 2.24) is 0 Å². The Morgan fingerprint density at radius 1 is 1.62 bits per heavy atom. The average Bonchev–Trinajstić information content (AvgIpc) is 1.85. The monoisotopic (exact) mass is 234 g/mol. The summed E-state index contributed by atoms with van der Waals surface area (Å²) in [7, 11) is -4.34. The van der Waals surface area contributed by atoms with Crippen molar-refractivity contribution in [1.29, 1.82) is 0 Å². The molecule has 0 amide bonds. The molecule has 0 saturated heterocycles. The predicted octanol–water partition coefficient (Wildman–Crippen LogP) is -2.59. The molecule has 0 aromatic carbocycles. The van der Waals surface area contributed by atoms with E-state index in [0.29, 0.717) is 0 Å². The number of hydrogen-bond acceptors (Lipinski definition) is 3. The van der Waals surface area contributed by atoms with E-state index in [2.05, 4.69) is 6.58 Å². The van der Waals surface area contributed by atoms with Crippen LogP contribution in [0.15, 0.2) is 12.2 Å². The molecular formula is C6H11KO5S. The zero-order chi connectivity index (χ0) is 9.94. The third-order valence-corrected chi connectivity index (χ3v) is 2.73. The van der Waals surface area contributed by atoms with Crippen molar-refractivity contribution in [2.75, 3.05) is 0 Å². The average molecular weight is 234 g/mol. The van der Waals surface area contributed by atoms with Crippen LogP contribution in [0.3, 0.4) is 0 Å². The molecule has 0 aliphatic heterocycles. The van der Waals surface area contributed by atoms with Crippen molar-refractivity contribution >= 4 is 16.1 Å². The SMILES string of the molecule is C=C(C(=O)O)C(CC)S(=O)(=O)O.[H-].[K+]. The predicted molar refractivity (Wildman–Crippen MR) is 43.5 cm³/mol. The van der Waals surface area contributed by atoms with Crippen LogP contribution < -0.4 is 51.4 Å². The second kappa shape index (κ2) is 6.28. The molecule has 7 heteroatoms. The Hall–Kier alpha value is 0.756. The van der Waals surface area contributed by atoms with Crippen LogP contribution in [0, 0.1) is 0 Å². The van der Waals surface area contributed by atoms with Crippen molar-refractivity contribution in [3.8, 4) is 0 Å². The molecule has 0 aromatic rings. The molecule has 1 atom stereocenters. The largest absolute Gasteiger partial charge is 1.00 e. The van der Waals surface area contributed by atoms with Crippen molar-refractivity contribution in [2.45, 2.75) is 18.6 Å². The molecule has 0 radical (unpaired) electrons.